The van der Waals surface area contributed by atoms with Crippen molar-refractivity contribution >= 4 is 11.4 Å². The summed E-state index contributed by atoms with van der Waals surface area (Å²) in [6.45, 7) is 24.4. The number of rotatable bonds is 6. The van der Waals surface area contributed by atoms with Crippen molar-refractivity contribution < 1.29 is 4.90 Å². The first-order valence-corrected chi connectivity index (χ1v) is 11.4. The molecule has 2 nitrogen and oxygen atoms in total. The number of hydrogen-bond donors (Lipinski definition) is 1. The first kappa shape index (κ1) is 21.9. The molecule has 2 radical (unpaired) electrons. The maximum Gasteiger partial charge on any atom is 0.350 e. The zero-order valence-corrected chi connectivity index (χ0v) is 19.6. The Bertz CT molecular complexity index is 710. The van der Waals surface area contributed by atoms with Crippen LogP contribution in [0.25, 0.3) is 0 Å². The summed E-state index contributed by atoms with van der Waals surface area (Å²) < 4.78 is 0. The monoisotopic (exact) mass is 391 g/mol. The van der Waals surface area contributed by atoms with Gasteiger partial charge >= 0.3 is 6.67 Å². The number of nitrogens with one attached hydrogen (secondary N) is 1. The van der Waals surface area contributed by atoms with Crippen LogP contribution in [0.3, 0.4) is 0 Å². The number of hydrogen-bond acceptors (Lipinski definition) is 1. The van der Waals surface area contributed by atoms with Gasteiger partial charge in [-0.15, -0.1) is 0 Å². The molecule has 0 spiro atoms. The van der Waals surface area contributed by atoms with Gasteiger partial charge in [-0.3, -0.25) is 9.80 Å². The van der Waals surface area contributed by atoms with E-state index in [0.717, 1.165) is 13.1 Å². The summed E-state index contributed by atoms with van der Waals surface area (Å²) in [6.07, 6.45) is 0. The molecule has 2 aromatic rings. The van der Waals surface area contributed by atoms with Gasteiger partial charge < -0.3 is 0 Å². The third-order valence-corrected chi connectivity index (χ3v) is 6.14. The maximum absolute atomic E-state index is 3.85. The van der Waals surface area contributed by atoms with Gasteiger partial charge in [0.2, 0.25) is 0 Å². The van der Waals surface area contributed by atoms with Gasteiger partial charge in [0, 0.05) is 16.8 Å². The zero-order valence-electron chi connectivity index (χ0n) is 19.6. The zero-order chi connectivity index (χ0) is 21.3. The summed E-state index contributed by atoms with van der Waals surface area (Å²) >= 11 is 0. The fourth-order valence-corrected chi connectivity index (χ4v) is 4.57. The molecule has 29 heavy (non-hydrogen) atoms. The van der Waals surface area contributed by atoms with E-state index < -0.39 is 0 Å². The Hall–Kier alpha value is -1.80. The van der Waals surface area contributed by atoms with Crippen LogP contribution >= 0.6 is 0 Å². The molecule has 2 heteroatoms. The van der Waals surface area contributed by atoms with Crippen molar-refractivity contribution in [1.82, 2.24) is 0 Å². The van der Waals surface area contributed by atoms with Gasteiger partial charge in [-0.25, -0.2) is 0 Å². The third-order valence-electron chi connectivity index (χ3n) is 6.14. The van der Waals surface area contributed by atoms with Crippen LogP contribution in [0.1, 0.15) is 101 Å². The SMILES string of the molecule is CC(C)c1cccc(C(C)C)c1N1[C][NH+](c2c(C(C)C)cccc2C(C)C)CC1. The Morgan fingerprint density at radius 3 is 1.52 bits per heavy atom. The standard InChI is InChI=1S/C27H39N2/c1-18(2)22-11-9-12-23(19(3)4)26(22)28-15-16-29(17-28)27-24(20(5)6)13-10-14-25(27)21(7)8/h9-14,18-21,28H,15-16H2,1-8H3/q+1. The van der Waals surface area contributed by atoms with Crippen molar-refractivity contribution in [2.45, 2.75) is 79.1 Å². The largest absolute Gasteiger partial charge is 0.350 e. The molecule has 1 saturated heterocycles. The van der Waals surface area contributed by atoms with Gasteiger partial charge in [-0.05, 0) is 34.8 Å². The summed E-state index contributed by atoms with van der Waals surface area (Å²) in [4.78, 5) is 3.80. The first-order valence-electron chi connectivity index (χ1n) is 11.4. The lowest BCUT2D eigenvalue weighted by Crippen LogP contribution is -3.03. The fraction of sp³-hybridized carbons (Fsp3) is 0.519. The second kappa shape index (κ2) is 8.92. The Labute approximate surface area is 178 Å². The van der Waals surface area contributed by atoms with Crippen molar-refractivity contribution in [1.29, 1.82) is 0 Å². The lowest BCUT2D eigenvalue weighted by atomic mass is 9.92. The molecule has 1 atom stereocenters. The molecule has 1 fully saturated rings. The lowest BCUT2D eigenvalue weighted by Gasteiger charge is -2.26. The van der Waals surface area contributed by atoms with Crippen LogP contribution in [0.2, 0.25) is 0 Å². The highest BCUT2D eigenvalue weighted by molar-refractivity contribution is 5.63. The van der Waals surface area contributed by atoms with Crippen molar-refractivity contribution in [2.24, 2.45) is 0 Å². The summed E-state index contributed by atoms with van der Waals surface area (Å²) in [6, 6.07) is 13.7. The van der Waals surface area contributed by atoms with Gasteiger partial charge in [-0.2, -0.15) is 0 Å². The highest BCUT2D eigenvalue weighted by Crippen LogP contribution is 2.37. The van der Waals surface area contributed by atoms with Crippen LogP contribution in [0.5, 0.6) is 0 Å². The second-order valence-electron chi connectivity index (χ2n) is 9.71. The molecule has 2 aromatic carbocycles. The molecule has 1 heterocycles. The molecular weight excluding hydrogens is 352 g/mol. The van der Waals surface area contributed by atoms with E-state index in [9.17, 15) is 0 Å². The average Bonchev–Trinajstić information content (AvgIpc) is 3.15. The van der Waals surface area contributed by atoms with E-state index in [-0.39, 0.29) is 0 Å². The molecule has 1 unspecified atom stereocenters. The second-order valence-corrected chi connectivity index (χ2v) is 9.71. The molecule has 0 aliphatic carbocycles. The Morgan fingerprint density at radius 2 is 1.10 bits per heavy atom. The maximum atomic E-state index is 3.85. The molecule has 0 amide bonds. The summed E-state index contributed by atoms with van der Waals surface area (Å²) in [5.41, 5.74) is 8.63. The summed E-state index contributed by atoms with van der Waals surface area (Å²) in [7, 11) is 0. The molecule has 1 N–H and O–H groups in total. The van der Waals surface area contributed by atoms with Crippen molar-refractivity contribution in [3.63, 3.8) is 0 Å². The molecule has 156 valence electrons. The molecular formula is C27H39N2+. The molecule has 0 saturated carbocycles. The van der Waals surface area contributed by atoms with Crippen molar-refractivity contribution in [3.05, 3.63) is 65.3 Å². The van der Waals surface area contributed by atoms with Crippen molar-refractivity contribution in [3.8, 4) is 0 Å². The number of quaternary nitrogens is 1. The quantitative estimate of drug-likeness (QED) is 0.615. The lowest BCUT2D eigenvalue weighted by molar-refractivity contribution is -0.786. The van der Waals surface area contributed by atoms with Crippen molar-refractivity contribution in [2.75, 3.05) is 18.0 Å². The summed E-state index contributed by atoms with van der Waals surface area (Å²) in [5.74, 6) is 2.04. The van der Waals surface area contributed by atoms with E-state index in [1.54, 1.807) is 0 Å². The highest BCUT2D eigenvalue weighted by Gasteiger charge is 2.35. The number of benzene rings is 2. The van der Waals surface area contributed by atoms with Gasteiger partial charge in [0.25, 0.3) is 0 Å². The van der Waals surface area contributed by atoms with Gasteiger partial charge in [0.15, 0.2) is 0 Å². The van der Waals surface area contributed by atoms with Crippen LogP contribution in [-0.2, 0) is 0 Å². The number of nitrogens with zero attached hydrogens (tertiary/aromatic N) is 1. The first-order chi connectivity index (χ1) is 13.7. The fourth-order valence-electron chi connectivity index (χ4n) is 4.57. The normalized spacial score (nSPS) is 17.4. The third kappa shape index (κ3) is 4.38. The van der Waals surface area contributed by atoms with Crippen LogP contribution < -0.4 is 9.80 Å². The summed E-state index contributed by atoms with van der Waals surface area (Å²) in [5, 5.41) is 0. The number of para-hydroxylation sites is 2. The van der Waals surface area contributed by atoms with Gasteiger partial charge in [-0.1, -0.05) is 91.8 Å². The Kier molecular flexibility index (Phi) is 6.73. The Balaban J connectivity index is 2.03. The predicted molar refractivity (Wildman–Crippen MR) is 125 cm³/mol. The van der Waals surface area contributed by atoms with Gasteiger partial charge in [0.05, 0.1) is 6.54 Å². The Morgan fingerprint density at radius 1 is 0.690 bits per heavy atom. The molecule has 0 bridgehead atoms. The topological polar surface area (TPSA) is 7.68 Å². The van der Waals surface area contributed by atoms with E-state index in [2.05, 4.69) is 103 Å². The minimum atomic E-state index is 0.503. The van der Waals surface area contributed by atoms with E-state index in [0.29, 0.717) is 23.7 Å². The van der Waals surface area contributed by atoms with Gasteiger partial charge in [0.1, 0.15) is 12.2 Å². The average molecular weight is 392 g/mol. The van der Waals surface area contributed by atoms with Crippen LogP contribution in [0.4, 0.5) is 11.4 Å². The van der Waals surface area contributed by atoms with Crippen LogP contribution in [0.15, 0.2) is 36.4 Å². The molecule has 1 aliphatic heterocycles. The highest BCUT2D eigenvalue weighted by atomic mass is 15.4. The van der Waals surface area contributed by atoms with E-state index in [1.807, 2.05) is 0 Å². The van der Waals surface area contributed by atoms with E-state index in [4.69, 9.17) is 0 Å². The molecule has 3 rings (SSSR count). The minimum Gasteiger partial charge on any atom is -0.299 e. The number of anilines is 1. The van der Waals surface area contributed by atoms with Crippen LogP contribution in [0, 0.1) is 6.67 Å². The predicted octanol–water partition coefficient (Wildman–Crippen LogP) is 6.21. The molecule has 0 aromatic heterocycles. The van der Waals surface area contributed by atoms with Crippen LogP contribution in [-0.4, -0.2) is 13.1 Å². The van der Waals surface area contributed by atoms with E-state index in [1.165, 1.54) is 38.5 Å². The van der Waals surface area contributed by atoms with E-state index >= 15 is 0 Å². The smallest absolute Gasteiger partial charge is 0.299 e. The minimum absolute atomic E-state index is 0.503. The molecule has 1 aliphatic rings.